The number of rotatable bonds is 6. The van der Waals surface area contributed by atoms with Crippen molar-refractivity contribution in [3.8, 4) is 0 Å². The second-order valence-electron chi connectivity index (χ2n) is 8.03. The molecular formula is C20H28FN3O3. The van der Waals surface area contributed by atoms with Crippen molar-refractivity contribution in [1.82, 2.24) is 15.1 Å². The molecule has 1 saturated heterocycles. The molecule has 0 spiro atoms. The van der Waals surface area contributed by atoms with E-state index >= 15 is 0 Å². The highest BCUT2D eigenvalue weighted by atomic mass is 19.1. The minimum Gasteiger partial charge on any atom is -0.352 e. The van der Waals surface area contributed by atoms with E-state index < -0.39 is 5.82 Å². The van der Waals surface area contributed by atoms with Gasteiger partial charge in [-0.25, -0.2) is 4.39 Å². The highest BCUT2D eigenvalue weighted by Gasteiger charge is 2.36. The van der Waals surface area contributed by atoms with Gasteiger partial charge in [-0.3, -0.25) is 14.4 Å². The normalized spacial score (nSPS) is 17.1. The van der Waals surface area contributed by atoms with E-state index in [1.807, 2.05) is 25.7 Å². The fourth-order valence-corrected chi connectivity index (χ4v) is 3.22. The second kappa shape index (κ2) is 8.50. The van der Waals surface area contributed by atoms with E-state index in [4.69, 9.17) is 0 Å². The lowest BCUT2D eigenvalue weighted by atomic mass is 10.1. The molecule has 0 unspecified atom stereocenters. The van der Waals surface area contributed by atoms with Crippen LogP contribution in [-0.4, -0.2) is 59.7 Å². The molecule has 7 heteroatoms. The average molecular weight is 377 g/mol. The highest BCUT2D eigenvalue weighted by Crippen LogP contribution is 2.26. The summed E-state index contributed by atoms with van der Waals surface area (Å²) in [4.78, 5) is 39.8. The van der Waals surface area contributed by atoms with E-state index in [-0.39, 0.29) is 42.1 Å². The van der Waals surface area contributed by atoms with Crippen molar-refractivity contribution in [2.24, 2.45) is 5.92 Å². The zero-order valence-electron chi connectivity index (χ0n) is 16.4. The first-order chi connectivity index (χ1) is 12.6. The number of carbonyl (C=O) groups is 3. The number of amides is 3. The van der Waals surface area contributed by atoms with Gasteiger partial charge in [0.15, 0.2) is 0 Å². The monoisotopic (exact) mass is 377 g/mol. The summed E-state index contributed by atoms with van der Waals surface area (Å²) < 4.78 is 12.9. The lowest BCUT2D eigenvalue weighted by molar-refractivity contribution is -0.132. The maximum Gasteiger partial charge on any atom is 0.251 e. The lowest BCUT2D eigenvalue weighted by Gasteiger charge is -2.32. The van der Waals surface area contributed by atoms with Crippen molar-refractivity contribution < 1.29 is 18.8 Å². The van der Waals surface area contributed by atoms with Crippen molar-refractivity contribution in [2.45, 2.75) is 39.2 Å². The van der Waals surface area contributed by atoms with Crippen LogP contribution >= 0.6 is 0 Å². The molecule has 1 aliphatic rings. The molecule has 0 bridgehead atoms. The molecule has 0 aromatic heterocycles. The van der Waals surface area contributed by atoms with Crippen LogP contribution in [0.5, 0.6) is 0 Å². The van der Waals surface area contributed by atoms with Crippen LogP contribution in [0.15, 0.2) is 24.3 Å². The molecule has 27 heavy (non-hydrogen) atoms. The molecule has 6 nitrogen and oxygen atoms in total. The first kappa shape index (κ1) is 20.9. The molecule has 0 saturated carbocycles. The fraction of sp³-hybridized carbons (Fsp3) is 0.550. The average Bonchev–Trinajstić information content (AvgIpc) is 2.95. The molecule has 1 fully saturated rings. The summed E-state index contributed by atoms with van der Waals surface area (Å²) in [7, 11) is 1.72. The first-order valence-corrected chi connectivity index (χ1v) is 9.16. The molecule has 0 aliphatic carbocycles. The topological polar surface area (TPSA) is 69.7 Å². The van der Waals surface area contributed by atoms with E-state index in [2.05, 4.69) is 5.32 Å². The number of hydrogen-bond acceptors (Lipinski definition) is 3. The Morgan fingerprint density at radius 2 is 1.89 bits per heavy atom. The molecular weight excluding hydrogens is 349 g/mol. The second-order valence-corrected chi connectivity index (χ2v) is 8.03. The number of carbonyl (C=O) groups excluding carboxylic acids is 3. The van der Waals surface area contributed by atoms with Gasteiger partial charge in [0.05, 0.1) is 0 Å². The van der Waals surface area contributed by atoms with Gasteiger partial charge in [0.1, 0.15) is 5.82 Å². The maximum absolute atomic E-state index is 12.9. The summed E-state index contributed by atoms with van der Waals surface area (Å²) in [6.07, 6.45) is 0.628. The van der Waals surface area contributed by atoms with Crippen LogP contribution in [0, 0.1) is 11.7 Å². The van der Waals surface area contributed by atoms with Crippen LogP contribution < -0.4 is 5.32 Å². The molecule has 1 aromatic rings. The van der Waals surface area contributed by atoms with Crippen molar-refractivity contribution >= 4 is 17.7 Å². The Balaban J connectivity index is 1.75. The Morgan fingerprint density at radius 3 is 2.44 bits per heavy atom. The van der Waals surface area contributed by atoms with Crippen LogP contribution in [-0.2, 0) is 9.59 Å². The van der Waals surface area contributed by atoms with Gasteiger partial charge in [0, 0.05) is 56.5 Å². The van der Waals surface area contributed by atoms with Crippen molar-refractivity contribution in [2.75, 3.05) is 26.7 Å². The van der Waals surface area contributed by atoms with Gasteiger partial charge in [-0.15, -0.1) is 0 Å². The standard InChI is InChI=1S/C20H28FN3O3/c1-20(2,3)24-13-14(11-18(24)26)12-23(4)17(25)9-10-22-19(27)15-5-7-16(21)8-6-15/h5-8,14H,9-13H2,1-4H3,(H,22,27)/t14-/m1/s1. The zero-order chi connectivity index (χ0) is 20.2. The number of halogens is 1. The smallest absolute Gasteiger partial charge is 0.251 e. The van der Waals surface area contributed by atoms with Crippen LogP contribution in [0.3, 0.4) is 0 Å². The predicted molar refractivity (Wildman–Crippen MR) is 101 cm³/mol. The number of benzene rings is 1. The molecule has 3 amide bonds. The summed E-state index contributed by atoms with van der Waals surface area (Å²) in [5.74, 6) is -0.582. The van der Waals surface area contributed by atoms with Gasteiger partial charge in [-0.1, -0.05) is 0 Å². The Morgan fingerprint density at radius 1 is 1.26 bits per heavy atom. The van der Waals surface area contributed by atoms with Gasteiger partial charge in [0.25, 0.3) is 5.91 Å². The quantitative estimate of drug-likeness (QED) is 0.825. The molecule has 1 N–H and O–H groups in total. The molecule has 1 atom stereocenters. The van der Waals surface area contributed by atoms with E-state index in [1.165, 1.54) is 24.3 Å². The summed E-state index contributed by atoms with van der Waals surface area (Å²) in [5, 5.41) is 2.66. The van der Waals surface area contributed by atoms with E-state index in [9.17, 15) is 18.8 Å². The van der Waals surface area contributed by atoms with Gasteiger partial charge >= 0.3 is 0 Å². The third-order valence-corrected chi connectivity index (χ3v) is 4.70. The number of likely N-dealkylation sites (tertiary alicyclic amines) is 1. The van der Waals surface area contributed by atoms with Gasteiger partial charge in [-0.2, -0.15) is 0 Å². The van der Waals surface area contributed by atoms with Crippen LogP contribution in [0.4, 0.5) is 4.39 Å². The van der Waals surface area contributed by atoms with Crippen LogP contribution in [0.1, 0.15) is 44.0 Å². The van der Waals surface area contributed by atoms with E-state index in [0.29, 0.717) is 25.1 Å². The van der Waals surface area contributed by atoms with Crippen LogP contribution in [0.25, 0.3) is 0 Å². The maximum atomic E-state index is 12.9. The van der Waals surface area contributed by atoms with Crippen molar-refractivity contribution in [3.05, 3.63) is 35.6 Å². The molecule has 1 aliphatic heterocycles. The third kappa shape index (κ3) is 5.77. The third-order valence-electron chi connectivity index (χ3n) is 4.70. The Kier molecular flexibility index (Phi) is 6.57. The van der Waals surface area contributed by atoms with Gasteiger partial charge in [-0.05, 0) is 45.0 Å². The van der Waals surface area contributed by atoms with Crippen LogP contribution in [0.2, 0.25) is 0 Å². The van der Waals surface area contributed by atoms with Crippen molar-refractivity contribution in [1.29, 1.82) is 0 Å². The first-order valence-electron chi connectivity index (χ1n) is 9.16. The summed E-state index contributed by atoms with van der Waals surface area (Å²) >= 11 is 0. The highest BCUT2D eigenvalue weighted by molar-refractivity contribution is 5.94. The zero-order valence-corrected chi connectivity index (χ0v) is 16.4. The molecule has 1 heterocycles. The minimum atomic E-state index is -0.404. The van der Waals surface area contributed by atoms with E-state index in [1.54, 1.807) is 11.9 Å². The number of hydrogen-bond donors (Lipinski definition) is 1. The molecule has 1 aromatic carbocycles. The minimum absolute atomic E-state index is 0.0870. The lowest BCUT2D eigenvalue weighted by Crippen LogP contribution is -2.43. The van der Waals surface area contributed by atoms with Gasteiger partial charge in [0.2, 0.25) is 11.8 Å². The summed E-state index contributed by atoms with van der Waals surface area (Å²) in [6, 6.07) is 5.24. The Hall–Kier alpha value is -2.44. The largest absolute Gasteiger partial charge is 0.352 e. The fourth-order valence-electron chi connectivity index (χ4n) is 3.22. The number of nitrogens with one attached hydrogen (secondary N) is 1. The van der Waals surface area contributed by atoms with E-state index in [0.717, 1.165) is 0 Å². The van der Waals surface area contributed by atoms with Crippen molar-refractivity contribution in [3.63, 3.8) is 0 Å². The molecule has 0 radical (unpaired) electrons. The summed E-state index contributed by atoms with van der Waals surface area (Å²) in [6.45, 7) is 7.39. The Bertz CT molecular complexity index is 697. The molecule has 148 valence electrons. The number of nitrogens with zero attached hydrogens (tertiary/aromatic N) is 2. The summed E-state index contributed by atoms with van der Waals surface area (Å²) in [5.41, 5.74) is 0.142. The predicted octanol–water partition coefficient (Wildman–Crippen LogP) is 2.05. The Labute approximate surface area is 159 Å². The SMILES string of the molecule is CN(C[C@H]1CC(=O)N(C(C)(C)C)C1)C(=O)CCNC(=O)c1ccc(F)cc1. The van der Waals surface area contributed by atoms with Gasteiger partial charge < -0.3 is 15.1 Å². The molecule has 2 rings (SSSR count).